The standard InChI is InChI=1S/C23H21F4N2.K/c1-14-10-17(5-7-20(14)29-22(13-28)8-9-22)4-6-19(23(25,26)27)18-11-15(2)21(24)16(3)12-18;/h4-7,10-12,19H,8-9H2,1-3H3;/q-1;+1/b6-4+;. The number of allylic oxidation sites excluding steroid dienone is 1. The second-order valence-corrected chi connectivity index (χ2v) is 7.65. The first-order chi connectivity index (χ1) is 13.5. The maximum atomic E-state index is 13.8. The van der Waals surface area contributed by atoms with E-state index in [1.165, 1.54) is 32.1 Å². The van der Waals surface area contributed by atoms with E-state index < -0.39 is 23.5 Å². The molecule has 0 heterocycles. The molecule has 0 N–H and O–H groups in total. The average molecular weight is 441 g/mol. The van der Waals surface area contributed by atoms with Crippen LogP contribution in [0.1, 0.15) is 46.6 Å². The summed E-state index contributed by atoms with van der Waals surface area (Å²) < 4.78 is 54.8. The minimum absolute atomic E-state index is 0. The quantitative estimate of drug-likeness (QED) is 0.508. The number of hydrogen-bond donors (Lipinski definition) is 0. The van der Waals surface area contributed by atoms with Crippen LogP contribution in [0.2, 0.25) is 0 Å². The van der Waals surface area contributed by atoms with Gasteiger partial charge in [-0.25, -0.2) is 4.39 Å². The Kier molecular flexibility index (Phi) is 7.97. The minimum atomic E-state index is -4.50. The fourth-order valence-corrected chi connectivity index (χ4v) is 3.28. The van der Waals surface area contributed by atoms with Crippen LogP contribution in [-0.4, -0.2) is 11.7 Å². The summed E-state index contributed by atoms with van der Waals surface area (Å²) in [5.74, 6) is -2.32. The number of hydrogen-bond acceptors (Lipinski definition) is 1. The van der Waals surface area contributed by atoms with E-state index in [9.17, 15) is 17.6 Å². The van der Waals surface area contributed by atoms with Crippen molar-refractivity contribution in [3.05, 3.63) is 75.4 Å². The minimum Gasteiger partial charge on any atom is -0.667 e. The third-order valence-electron chi connectivity index (χ3n) is 5.14. The third kappa shape index (κ3) is 5.74. The molecule has 3 rings (SSSR count). The summed E-state index contributed by atoms with van der Waals surface area (Å²) in [6.45, 7) is 4.74. The molecule has 1 atom stereocenters. The zero-order valence-corrected chi connectivity index (χ0v) is 20.6. The molecular weight excluding hydrogens is 419 g/mol. The fourth-order valence-electron chi connectivity index (χ4n) is 3.28. The van der Waals surface area contributed by atoms with Gasteiger partial charge in [-0.3, -0.25) is 0 Å². The summed E-state index contributed by atoms with van der Waals surface area (Å²) in [4.78, 5) is 0. The molecule has 2 aromatic carbocycles. The van der Waals surface area contributed by atoms with Crippen LogP contribution in [0, 0.1) is 37.9 Å². The topological polar surface area (TPSA) is 37.9 Å². The molecule has 30 heavy (non-hydrogen) atoms. The molecule has 0 amide bonds. The summed E-state index contributed by atoms with van der Waals surface area (Å²) in [5.41, 5.74) is 1.84. The molecule has 1 aliphatic carbocycles. The Bertz CT molecular complexity index is 978. The van der Waals surface area contributed by atoms with Gasteiger partial charge in [-0.2, -0.15) is 18.4 Å². The van der Waals surface area contributed by atoms with E-state index in [4.69, 9.17) is 5.26 Å². The molecule has 0 radical (unpaired) electrons. The summed E-state index contributed by atoms with van der Waals surface area (Å²) >= 11 is 0. The van der Waals surface area contributed by atoms with E-state index in [0.29, 0.717) is 11.3 Å². The summed E-state index contributed by atoms with van der Waals surface area (Å²) in [6, 6.07) is 9.84. The van der Waals surface area contributed by atoms with Crippen molar-refractivity contribution in [3.8, 4) is 6.07 Å². The first kappa shape index (κ1) is 25.1. The van der Waals surface area contributed by atoms with Crippen molar-refractivity contribution in [1.29, 1.82) is 5.26 Å². The average Bonchev–Trinajstić information content (AvgIpc) is 3.41. The maximum Gasteiger partial charge on any atom is 1.00 e. The van der Waals surface area contributed by atoms with Gasteiger partial charge >= 0.3 is 57.6 Å². The zero-order valence-electron chi connectivity index (χ0n) is 17.4. The van der Waals surface area contributed by atoms with Crippen molar-refractivity contribution < 1.29 is 68.9 Å². The SMILES string of the molecule is Cc1cc(/C=C/C(c2cc(C)c(F)c(C)c2)C(F)(F)F)ccc1[N-]C1(C#N)CC1.[K+]. The molecule has 0 aliphatic heterocycles. The van der Waals surface area contributed by atoms with E-state index in [2.05, 4.69) is 11.4 Å². The van der Waals surface area contributed by atoms with Crippen molar-refractivity contribution in [2.45, 2.75) is 51.2 Å². The molecule has 7 heteroatoms. The van der Waals surface area contributed by atoms with Crippen LogP contribution < -0.4 is 51.4 Å². The first-order valence-electron chi connectivity index (χ1n) is 9.31. The molecule has 1 unspecified atom stereocenters. The Morgan fingerprint density at radius 2 is 1.67 bits per heavy atom. The fraction of sp³-hybridized carbons (Fsp3) is 0.348. The smallest absolute Gasteiger partial charge is 0.667 e. The van der Waals surface area contributed by atoms with Crippen molar-refractivity contribution in [3.63, 3.8) is 0 Å². The maximum absolute atomic E-state index is 13.8. The van der Waals surface area contributed by atoms with Crippen molar-refractivity contribution in [2.75, 3.05) is 0 Å². The van der Waals surface area contributed by atoms with Crippen molar-refractivity contribution in [2.24, 2.45) is 0 Å². The molecule has 152 valence electrons. The van der Waals surface area contributed by atoms with Crippen LogP contribution in [0.25, 0.3) is 11.4 Å². The van der Waals surface area contributed by atoms with E-state index in [-0.39, 0.29) is 68.1 Å². The Morgan fingerprint density at radius 3 is 2.13 bits per heavy atom. The van der Waals surface area contributed by atoms with Gasteiger partial charge in [0.1, 0.15) is 5.82 Å². The van der Waals surface area contributed by atoms with Gasteiger partial charge in [-0.1, -0.05) is 60.9 Å². The Morgan fingerprint density at radius 1 is 1.07 bits per heavy atom. The number of halogens is 4. The molecule has 0 aromatic heterocycles. The predicted molar refractivity (Wildman–Crippen MR) is 105 cm³/mol. The van der Waals surface area contributed by atoms with Gasteiger partial charge < -0.3 is 5.32 Å². The van der Waals surface area contributed by atoms with Gasteiger partial charge in [0.2, 0.25) is 0 Å². The van der Waals surface area contributed by atoms with Crippen LogP contribution in [0.3, 0.4) is 0 Å². The normalized spacial score (nSPS) is 15.9. The van der Waals surface area contributed by atoms with Crippen molar-refractivity contribution in [1.82, 2.24) is 0 Å². The molecular formula is C23H21F4KN2. The van der Waals surface area contributed by atoms with E-state index in [0.717, 1.165) is 24.5 Å². The van der Waals surface area contributed by atoms with Crippen LogP contribution in [0.5, 0.6) is 0 Å². The molecule has 0 bridgehead atoms. The molecule has 1 aliphatic rings. The molecule has 2 nitrogen and oxygen atoms in total. The van der Waals surface area contributed by atoms with Gasteiger partial charge in [-0.05, 0) is 48.6 Å². The molecule has 1 saturated carbocycles. The van der Waals surface area contributed by atoms with Gasteiger partial charge in [0.05, 0.1) is 5.92 Å². The Hall–Kier alpha value is -1.17. The van der Waals surface area contributed by atoms with Gasteiger partial charge in [0, 0.05) is 6.07 Å². The number of aryl methyl sites for hydroxylation is 3. The van der Waals surface area contributed by atoms with E-state index in [1.54, 1.807) is 18.2 Å². The molecule has 0 saturated heterocycles. The van der Waals surface area contributed by atoms with Gasteiger partial charge in [-0.15, -0.1) is 5.69 Å². The van der Waals surface area contributed by atoms with E-state index >= 15 is 0 Å². The van der Waals surface area contributed by atoms with Gasteiger partial charge in [0.15, 0.2) is 0 Å². The summed E-state index contributed by atoms with van der Waals surface area (Å²) in [6.07, 6.45) is -0.527. The zero-order chi connectivity index (χ0) is 21.4. The number of benzene rings is 2. The Labute approximate surface area is 216 Å². The van der Waals surface area contributed by atoms with Crippen LogP contribution in [0.15, 0.2) is 36.4 Å². The summed E-state index contributed by atoms with van der Waals surface area (Å²) in [7, 11) is 0. The second kappa shape index (κ2) is 9.54. The monoisotopic (exact) mass is 440 g/mol. The van der Waals surface area contributed by atoms with Crippen LogP contribution >= 0.6 is 0 Å². The van der Waals surface area contributed by atoms with Crippen molar-refractivity contribution >= 4 is 11.8 Å². The predicted octanol–water partition coefficient (Wildman–Crippen LogP) is 4.18. The number of rotatable bonds is 5. The van der Waals surface area contributed by atoms with Gasteiger partial charge in [0.25, 0.3) is 0 Å². The number of nitrogens with zero attached hydrogens (tertiary/aromatic N) is 2. The number of nitriles is 1. The molecule has 2 aromatic rings. The number of alkyl halides is 3. The molecule has 1 fully saturated rings. The molecule has 0 spiro atoms. The largest absolute Gasteiger partial charge is 1.00 e. The van der Waals surface area contributed by atoms with Crippen LogP contribution in [-0.2, 0) is 0 Å². The third-order valence-corrected chi connectivity index (χ3v) is 5.14. The Balaban J connectivity index is 0.00000320. The first-order valence-corrected chi connectivity index (χ1v) is 9.31. The van der Waals surface area contributed by atoms with E-state index in [1.807, 2.05) is 6.92 Å². The second-order valence-electron chi connectivity index (χ2n) is 7.65. The van der Waals surface area contributed by atoms with Crippen LogP contribution in [0.4, 0.5) is 23.2 Å². The summed E-state index contributed by atoms with van der Waals surface area (Å²) in [5, 5.41) is 13.6.